The molecule has 3 aromatic rings. The molecular weight excluding hydrogens is 346 g/mol. The number of nitrogens with zero attached hydrogens (tertiary/aromatic N) is 1. The topological polar surface area (TPSA) is 76.8 Å². The average Bonchev–Trinajstić information content (AvgIpc) is 3.10. The predicted octanol–water partition coefficient (Wildman–Crippen LogP) is 2.93. The molecule has 2 aromatic carbocycles. The molecule has 27 heavy (non-hydrogen) atoms. The lowest BCUT2D eigenvalue weighted by atomic mass is 10.2. The van der Waals surface area contributed by atoms with Gasteiger partial charge in [-0.1, -0.05) is 36.4 Å². The zero-order valence-electron chi connectivity index (χ0n) is 14.7. The number of para-hydroxylation sites is 2. The molecule has 0 spiro atoms. The number of benzene rings is 2. The number of ether oxygens (including phenoxy) is 1. The molecule has 0 radical (unpaired) electrons. The Hall–Kier alpha value is -3.41. The molecule has 1 amide bonds. The maximum atomic E-state index is 12.7. The third-order valence-electron chi connectivity index (χ3n) is 4.65. The Morgan fingerprint density at radius 3 is 2.70 bits per heavy atom. The van der Waals surface area contributed by atoms with E-state index in [1.54, 1.807) is 29.2 Å². The van der Waals surface area contributed by atoms with Crippen LogP contribution in [-0.2, 0) is 16.0 Å². The standard InChI is InChI=1S/C21H17NO5/c1-13(19(23)22-11-10-14-6-2-4-8-17(14)22)26-20(24)16-12-15-7-3-5-9-18(15)27-21(16)25/h2-9,12-13H,10-11H2,1H3/t13-/m1/s1. The Morgan fingerprint density at radius 1 is 1.11 bits per heavy atom. The van der Waals surface area contributed by atoms with Crippen LogP contribution in [0.15, 0.2) is 63.8 Å². The van der Waals surface area contributed by atoms with Gasteiger partial charge in [-0.15, -0.1) is 0 Å². The zero-order chi connectivity index (χ0) is 19.0. The number of amides is 1. The summed E-state index contributed by atoms with van der Waals surface area (Å²) in [7, 11) is 0. The van der Waals surface area contributed by atoms with E-state index in [0.29, 0.717) is 17.5 Å². The molecule has 1 aliphatic heterocycles. The number of hydrogen-bond acceptors (Lipinski definition) is 5. The van der Waals surface area contributed by atoms with Gasteiger partial charge in [0.25, 0.3) is 5.91 Å². The number of fused-ring (bicyclic) bond motifs is 2. The van der Waals surface area contributed by atoms with Crippen molar-refractivity contribution in [1.29, 1.82) is 0 Å². The molecule has 6 heteroatoms. The summed E-state index contributed by atoms with van der Waals surface area (Å²) in [6, 6.07) is 15.9. The molecule has 0 saturated heterocycles. The highest BCUT2D eigenvalue weighted by atomic mass is 16.5. The van der Waals surface area contributed by atoms with E-state index in [-0.39, 0.29) is 11.5 Å². The van der Waals surface area contributed by atoms with Crippen LogP contribution in [0, 0.1) is 0 Å². The highest BCUT2D eigenvalue weighted by molar-refractivity contribution is 6.00. The third kappa shape index (κ3) is 3.10. The number of rotatable bonds is 3. The molecule has 0 N–H and O–H groups in total. The maximum absolute atomic E-state index is 12.7. The van der Waals surface area contributed by atoms with Crippen LogP contribution in [-0.4, -0.2) is 24.5 Å². The molecule has 1 atom stereocenters. The summed E-state index contributed by atoms with van der Waals surface area (Å²) < 4.78 is 10.4. The van der Waals surface area contributed by atoms with Crippen molar-refractivity contribution < 1.29 is 18.7 Å². The van der Waals surface area contributed by atoms with E-state index in [4.69, 9.17) is 9.15 Å². The van der Waals surface area contributed by atoms with Crippen molar-refractivity contribution in [1.82, 2.24) is 0 Å². The first-order valence-corrected chi connectivity index (χ1v) is 8.68. The normalized spacial score (nSPS) is 14.0. The van der Waals surface area contributed by atoms with Crippen molar-refractivity contribution in [3.05, 3.63) is 76.1 Å². The quantitative estimate of drug-likeness (QED) is 0.528. The van der Waals surface area contributed by atoms with E-state index in [1.165, 1.54) is 13.0 Å². The van der Waals surface area contributed by atoms with E-state index in [2.05, 4.69) is 0 Å². The average molecular weight is 363 g/mol. The lowest BCUT2D eigenvalue weighted by molar-refractivity contribution is -0.126. The van der Waals surface area contributed by atoms with Gasteiger partial charge in [-0.3, -0.25) is 4.79 Å². The molecule has 0 aliphatic carbocycles. The Labute approximate surface area is 155 Å². The van der Waals surface area contributed by atoms with E-state index in [9.17, 15) is 14.4 Å². The zero-order valence-corrected chi connectivity index (χ0v) is 14.7. The molecule has 0 unspecified atom stereocenters. The molecule has 1 aromatic heterocycles. The minimum Gasteiger partial charge on any atom is -0.449 e. The fraction of sp³-hybridized carbons (Fsp3) is 0.190. The Balaban J connectivity index is 1.54. The number of hydrogen-bond donors (Lipinski definition) is 0. The molecule has 136 valence electrons. The number of anilines is 1. The number of esters is 1. The molecule has 0 saturated carbocycles. The van der Waals surface area contributed by atoms with Crippen LogP contribution in [0.3, 0.4) is 0 Å². The van der Waals surface area contributed by atoms with Gasteiger partial charge in [-0.2, -0.15) is 0 Å². The van der Waals surface area contributed by atoms with Crippen LogP contribution in [0.4, 0.5) is 5.69 Å². The Morgan fingerprint density at radius 2 is 1.85 bits per heavy atom. The lowest BCUT2D eigenvalue weighted by Crippen LogP contribution is -2.39. The van der Waals surface area contributed by atoms with Gasteiger partial charge >= 0.3 is 11.6 Å². The van der Waals surface area contributed by atoms with Crippen LogP contribution in [0.1, 0.15) is 22.8 Å². The monoisotopic (exact) mass is 363 g/mol. The summed E-state index contributed by atoms with van der Waals surface area (Å²) in [5.41, 5.74) is 1.28. The summed E-state index contributed by atoms with van der Waals surface area (Å²) in [5, 5.41) is 0.608. The first-order chi connectivity index (χ1) is 13.0. The fourth-order valence-corrected chi connectivity index (χ4v) is 3.27. The van der Waals surface area contributed by atoms with Gasteiger partial charge in [0.15, 0.2) is 6.10 Å². The van der Waals surface area contributed by atoms with Crippen LogP contribution in [0.2, 0.25) is 0 Å². The van der Waals surface area contributed by atoms with E-state index < -0.39 is 17.7 Å². The van der Waals surface area contributed by atoms with Gasteiger partial charge in [-0.05, 0) is 37.1 Å². The van der Waals surface area contributed by atoms with E-state index >= 15 is 0 Å². The van der Waals surface area contributed by atoms with Gasteiger partial charge in [0.1, 0.15) is 11.1 Å². The Bertz CT molecular complexity index is 1100. The van der Waals surface area contributed by atoms with Gasteiger partial charge in [0, 0.05) is 17.6 Å². The molecular formula is C21H17NO5. The summed E-state index contributed by atoms with van der Waals surface area (Å²) in [4.78, 5) is 38.8. The minimum absolute atomic E-state index is 0.227. The smallest absolute Gasteiger partial charge is 0.351 e. The fourth-order valence-electron chi connectivity index (χ4n) is 3.27. The number of carbonyl (C=O) groups excluding carboxylic acids is 2. The van der Waals surface area contributed by atoms with Gasteiger partial charge in [0.2, 0.25) is 0 Å². The van der Waals surface area contributed by atoms with Crippen LogP contribution >= 0.6 is 0 Å². The maximum Gasteiger partial charge on any atom is 0.351 e. The van der Waals surface area contributed by atoms with Gasteiger partial charge in [0.05, 0.1) is 0 Å². The first-order valence-electron chi connectivity index (χ1n) is 8.68. The summed E-state index contributed by atoms with van der Waals surface area (Å²) in [5.74, 6) is -1.19. The second kappa shape index (κ2) is 6.72. The molecule has 0 fully saturated rings. The third-order valence-corrected chi connectivity index (χ3v) is 4.65. The first kappa shape index (κ1) is 17.0. The van der Waals surface area contributed by atoms with Gasteiger partial charge in [-0.25, -0.2) is 9.59 Å². The molecule has 0 bridgehead atoms. The molecule has 2 heterocycles. The Kier molecular flexibility index (Phi) is 4.24. The van der Waals surface area contributed by atoms with Crippen LogP contribution in [0.5, 0.6) is 0 Å². The lowest BCUT2D eigenvalue weighted by Gasteiger charge is -2.21. The van der Waals surface area contributed by atoms with Gasteiger partial charge < -0.3 is 14.1 Å². The number of carbonyl (C=O) groups is 2. The van der Waals surface area contributed by atoms with Crippen LogP contribution < -0.4 is 10.5 Å². The molecule has 1 aliphatic rings. The van der Waals surface area contributed by atoms with Crippen molar-refractivity contribution >= 4 is 28.5 Å². The van der Waals surface area contributed by atoms with Crippen molar-refractivity contribution in [2.24, 2.45) is 0 Å². The van der Waals surface area contributed by atoms with E-state index in [0.717, 1.165) is 17.7 Å². The highest BCUT2D eigenvalue weighted by Crippen LogP contribution is 2.28. The SMILES string of the molecule is C[C@@H](OC(=O)c1cc2ccccc2oc1=O)C(=O)N1CCc2ccccc21. The minimum atomic E-state index is -1.02. The van der Waals surface area contributed by atoms with Crippen molar-refractivity contribution in [2.45, 2.75) is 19.4 Å². The summed E-state index contributed by atoms with van der Waals surface area (Å²) >= 11 is 0. The molecule has 6 nitrogen and oxygen atoms in total. The van der Waals surface area contributed by atoms with Crippen LogP contribution in [0.25, 0.3) is 11.0 Å². The largest absolute Gasteiger partial charge is 0.449 e. The van der Waals surface area contributed by atoms with Crippen molar-refractivity contribution in [3.8, 4) is 0 Å². The van der Waals surface area contributed by atoms with Crippen molar-refractivity contribution in [3.63, 3.8) is 0 Å². The second-order valence-corrected chi connectivity index (χ2v) is 6.40. The van der Waals surface area contributed by atoms with E-state index in [1.807, 2.05) is 24.3 Å². The summed E-state index contributed by atoms with van der Waals surface area (Å²) in [6.07, 6.45) is -0.258. The highest BCUT2D eigenvalue weighted by Gasteiger charge is 2.30. The molecule has 4 rings (SSSR count). The van der Waals surface area contributed by atoms with Crippen molar-refractivity contribution in [2.75, 3.05) is 11.4 Å². The predicted molar refractivity (Wildman–Crippen MR) is 99.9 cm³/mol. The summed E-state index contributed by atoms with van der Waals surface area (Å²) in [6.45, 7) is 2.04. The second-order valence-electron chi connectivity index (χ2n) is 6.40.